The smallest absolute Gasteiger partial charge is 0.274 e. The third-order valence-electron chi connectivity index (χ3n) is 5.01. The van der Waals surface area contributed by atoms with E-state index in [1.54, 1.807) is 11.3 Å². The maximum Gasteiger partial charge on any atom is 0.274 e. The van der Waals surface area contributed by atoms with Gasteiger partial charge in [-0.05, 0) is 24.3 Å². The number of rotatable bonds is 5. The molecule has 1 aliphatic heterocycles. The van der Waals surface area contributed by atoms with Crippen molar-refractivity contribution in [1.29, 1.82) is 0 Å². The van der Waals surface area contributed by atoms with E-state index in [0.717, 1.165) is 37.6 Å². The van der Waals surface area contributed by atoms with Gasteiger partial charge < -0.3 is 9.64 Å². The number of hydrogen-bond donors (Lipinski definition) is 0. The normalized spacial score (nSPS) is 15.2. The molecular formula is C21H18ClN3O2S3. The van der Waals surface area contributed by atoms with Crippen LogP contribution in [0.1, 0.15) is 12.8 Å². The first-order chi connectivity index (χ1) is 14.7. The first kappa shape index (κ1) is 20.1. The Morgan fingerprint density at radius 2 is 1.90 bits per heavy atom. The van der Waals surface area contributed by atoms with Crippen LogP contribution in [0.4, 0.5) is 0 Å². The van der Waals surface area contributed by atoms with Gasteiger partial charge in [0.05, 0.1) is 25.7 Å². The van der Waals surface area contributed by atoms with Gasteiger partial charge in [-0.25, -0.2) is 9.97 Å². The molecule has 9 heteroatoms. The molecule has 2 aromatic carbocycles. The van der Waals surface area contributed by atoms with Crippen LogP contribution in [0, 0.1) is 0 Å². The topological polar surface area (TPSA) is 55.3 Å². The second-order valence-corrected chi connectivity index (χ2v) is 10.7. The van der Waals surface area contributed by atoms with Gasteiger partial charge in [-0.1, -0.05) is 52.9 Å². The Bertz CT molecular complexity index is 1170. The van der Waals surface area contributed by atoms with Crippen molar-refractivity contribution in [2.45, 2.75) is 23.3 Å². The molecule has 0 atom stereocenters. The number of ether oxygens (including phenoxy) is 1. The Labute approximate surface area is 191 Å². The van der Waals surface area contributed by atoms with E-state index in [-0.39, 0.29) is 12.0 Å². The maximum atomic E-state index is 12.6. The molecular weight excluding hydrogens is 458 g/mol. The molecule has 0 bridgehead atoms. The number of benzene rings is 2. The minimum absolute atomic E-state index is 0.0744. The number of thiazole rings is 2. The molecule has 1 saturated heterocycles. The lowest BCUT2D eigenvalue weighted by Gasteiger charge is -2.31. The zero-order chi connectivity index (χ0) is 20.5. The zero-order valence-corrected chi connectivity index (χ0v) is 19.1. The molecule has 0 unspecified atom stereocenters. The highest BCUT2D eigenvalue weighted by Crippen LogP contribution is 2.34. The number of piperidine rings is 1. The predicted molar refractivity (Wildman–Crippen MR) is 125 cm³/mol. The molecule has 30 heavy (non-hydrogen) atoms. The molecule has 2 aromatic heterocycles. The monoisotopic (exact) mass is 475 g/mol. The quantitative estimate of drug-likeness (QED) is 0.345. The Morgan fingerprint density at radius 1 is 1.10 bits per heavy atom. The first-order valence-electron chi connectivity index (χ1n) is 9.63. The number of halogens is 1. The number of hydrogen-bond acceptors (Lipinski definition) is 7. The Balaban J connectivity index is 1.13. The number of carbonyl (C=O) groups is 1. The van der Waals surface area contributed by atoms with E-state index in [9.17, 15) is 4.79 Å². The number of likely N-dealkylation sites (tertiary alicyclic amines) is 1. The lowest BCUT2D eigenvalue weighted by molar-refractivity contribution is -0.130. The average molecular weight is 476 g/mol. The van der Waals surface area contributed by atoms with Crippen LogP contribution in [0.15, 0.2) is 46.8 Å². The van der Waals surface area contributed by atoms with Gasteiger partial charge in [0.15, 0.2) is 4.34 Å². The lowest BCUT2D eigenvalue weighted by Crippen LogP contribution is -2.42. The van der Waals surface area contributed by atoms with Gasteiger partial charge in [-0.15, -0.1) is 11.3 Å². The van der Waals surface area contributed by atoms with Crippen molar-refractivity contribution in [2.75, 3.05) is 18.8 Å². The van der Waals surface area contributed by atoms with E-state index in [1.165, 1.54) is 23.1 Å². The number of carbonyl (C=O) groups excluding carboxylic acids is 1. The molecule has 0 N–H and O–H groups in total. The van der Waals surface area contributed by atoms with Gasteiger partial charge in [-0.2, -0.15) is 0 Å². The van der Waals surface area contributed by atoms with Crippen LogP contribution in [-0.2, 0) is 4.79 Å². The summed E-state index contributed by atoms with van der Waals surface area (Å²) in [6, 6.07) is 13.8. The van der Waals surface area contributed by atoms with Gasteiger partial charge >= 0.3 is 0 Å². The third kappa shape index (κ3) is 4.27. The van der Waals surface area contributed by atoms with Crippen molar-refractivity contribution in [3.8, 4) is 5.19 Å². The molecule has 5 rings (SSSR count). The van der Waals surface area contributed by atoms with Crippen molar-refractivity contribution in [3.63, 3.8) is 0 Å². The van der Waals surface area contributed by atoms with Crippen molar-refractivity contribution in [2.24, 2.45) is 0 Å². The summed E-state index contributed by atoms with van der Waals surface area (Å²) in [6.07, 6.45) is 1.69. The highest BCUT2D eigenvalue weighted by Gasteiger charge is 2.25. The van der Waals surface area contributed by atoms with Gasteiger partial charge in [0.25, 0.3) is 5.19 Å². The molecule has 0 saturated carbocycles. The summed E-state index contributed by atoms with van der Waals surface area (Å²) in [6.45, 7) is 1.41. The molecule has 1 amide bonds. The fourth-order valence-electron chi connectivity index (χ4n) is 3.44. The number of aromatic nitrogens is 2. The molecule has 0 spiro atoms. The molecule has 154 valence electrons. The minimum atomic E-state index is 0.0744. The Morgan fingerprint density at radius 3 is 2.70 bits per heavy atom. The van der Waals surface area contributed by atoms with Crippen LogP contribution >= 0.6 is 46.0 Å². The largest absolute Gasteiger partial charge is 0.467 e. The summed E-state index contributed by atoms with van der Waals surface area (Å²) in [5, 5.41) is 1.29. The summed E-state index contributed by atoms with van der Waals surface area (Å²) < 4.78 is 9.20. The summed E-state index contributed by atoms with van der Waals surface area (Å²) in [4.78, 5) is 23.7. The number of fused-ring (bicyclic) bond motifs is 2. The first-order valence-corrected chi connectivity index (χ1v) is 12.6. The van der Waals surface area contributed by atoms with Crippen molar-refractivity contribution in [1.82, 2.24) is 14.9 Å². The van der Waals surface area contributed by atoms with Gasteiger partial charge in [0.1, 0.15) is 11.6 Å². The molecule has 3 heterocycles. The van der Waals surface area contributed by atoms with Gasteiger partial charge in [0.2, 0.25) is 5.91 Å². The fraction of sp³-hybridized carbons (Fsp3) is 0.286. The van der Waals surface area contributed by atoms with Gasteiger partial charge in [0, 0.05) is 25.9 Å². The number of thioether (sulfide) groups is 1. The van der Waals surface area contributed by atoms with E-state index in [1.807, 2.05) is 41.3 Å². The third-order valence-corrected chi connectivity index (χ3v) is 8.39. The Kier molecular flexibility index (Phi) is 5.82. The summed E-state index contributed by atoms with van der Waals surface area (Å²) in [5.41, 5.74) is 1.78. The second-order valence-electron chi connectivity index (χ2n) is 7.00. The maximum absolute atomic E-state index is 12.6. The van der Waals surface area contributed by atoms with Crippen LogP contribution in [-0.4, -0.2) is 45.7 Å². The van der Waals surface area contributed by atoms with E-state index in [2.05, 4.69) is 16.0 Å². The number of nitrogens with zero attached hydrogens (tertiary/aromatic N) is 3. The lowest BCUT2D eigenvalue weighted by atomic mass is 10.1. The minimum Gasteiger partial charge on any atom is -0.467 e. The average Bonchev–Trinajstić information content (AvgIpc) is 3.36. The highest BCUT2D eigenvalue weighted by atomic mass is 35.5. The van der Waals surface area contributed by atoms with Crippen LogP contribution in [0.5, 0.6) is 5.19 Å². The zero-order valence-electron chi connectivity index (χ0n) is 15.9. The predicted octanol–water partition coefficient (Wildman–Crippen LogP) is 5.72. The van der Waals surface area contributed by atoms with E-state index in [0.29, 0.717) is 29.1 Å². The molecule has 0 aliphatic carbocycles. The number of para-hydroxylation sites is 2. The van der Waals surface area contributed by atoms with Crippen LogP contribution < -0.4 is 4.74 Å². The standard InChI is InChI=1S/C21H18ClN3O2S3/c22-14-4-3-7-17-19(14)24-20(29-17)27-13-8-10-25(11-9-13)18(26)12-28-21-23-15-5-1-2-6-16(15)30-21/h1-7,13H,8-12H2. The summed E-state index contributed by atoms with van der Waals surface area (Å²) in [7, 11) is 0. The molecule has 4 aromatic rings. The molecule has 1 fully saturated rings. The summed E-state index contributed by atoms with van der Waals surface area (Å²) >= 11 is 10.9. The van der Waals surface area contributed by atoms with Crippen LogP contribution in [0.25, 0.3) is 20.4 Å². The highest BCUT2D eigenvalue weighted by molar-refractivity contribution is 8.01. The molecule has 1 aliphatic rings. The SMILES string of the molecule is O=C(CSc1nc2ccccc2s1)N1CCC(Oc2nc3c(Cl)cccc3s2)CC1. The summed E-state index contributed by atoms with van der Waals surface area (Å²) in [5.74, 6) is 0.575. The molecule has 0 radical (unpaired) electrons. The van der Waals surface area contributed by atoms with Crippen LogP contribution in [0.3, 0.4) is 0 Å². The van der Waals surface area contributed by atoms with Crippen molar-refractivity contribution < 1.29 is 9.53 Å². The van der Waals surface area contributed by atoms with Gasteiger partial charge in [-0.3, -0.25) is 4.79 Å². The Hall–Kier alpha value is -1.87. The van der Waals surface area contributed by atoms with E-state index >= 15 is 0 Å². The van der Waals surface area contributed by atoms with E-state index in [4.69, 9.17) is 16.3 Å². The molecule has 5 nitrogen and oxygen atoms in total. The van der Waals surface area contributed by atoms with Crippen molar-refractivity contribution >= 4 is 72.4 Å². The number of amides is 1. The van der Waals surface area contributed by atoms with Crippen LogP contribution in [0.2, 0.25) is 5.02 Å². The second kappa shape index (κ2) is 8.70. The van der Waals surface area contributed by atoms with E-state index < -0.39 is 0 Å². The fourth-order valence-corrected chi connectivity index (χ4v) is 6.59. The van der Waals surface area contributed by atoms with Crippen molar-refractivity contribution in [3.05, 3.63) is 47.5 Å².